The van der Waals surface area contributed by atoms with E-state index in [1.807, 2.05) is 36.6 Å². The minimum atomic E-state index is -0.765. The molecule has 0 aliphatic carbocycles. The molecule has 1 unspecified atom stereocenters. The van der Waals surface area contributed by atoms with Crippen LogP contribution >= 0.6 is 11.3 Å². The third kappa shape index (κ3) is 5.63. The van der Waals surface area contributed by atoms with Gasteiger partial charge in [-0.2, -0.15) is 0 Å². The van der Waals surface area contributed by atoms with Gasteiger partial charge in [0.05, 0.1) is 6.61 Å². The maximum atomic E-state index is 11.9. The van der Waals surface area contributed by atoms with Crippen molar-refractivity contribution >= 4 is 28.1 Å². The van der Waals surface area contributed by atoms with Crippen LogP contribution in [0.4, 0.5) is 0 Å². The molecule has 0 saturated heterocycles. The highest BCUT2D eigenvalue weighted by Gasteiger charge is 2.36. The highest BCUT2D eigenvalue weighted by atomic mass is 32.1. The molecule has 3 aromatic carbocycles. The first kappa shape index (κ1) is 24.7. The second-order valence-electron chi connectivity index (χ2n) is 7.98. The fourth-order valence-electron chi connectivity index (χ4n) is 4.06. The first-order valence-corrected chi connectivity index (χ1v) is 12.5. The Morgan fingerprint density at radius 2 is 1.74 bits per heavy atom. The molecule has 6 nitrogen and oxygen atoms in total. The number of methoxy groups -OCH3 is 1. The Morgan fingerprint density at radius 3 is 2.43 bits per heavy atom. The number of rotatable bonds is 11. The van der Waals surface area contributed by atoms with Crippen LogP contribution in [0.15, 0.2) is 72.2 Å². The molecule has 0 aliphatic heterocycles. The Morgan fingerprint density at radius 1 is 0.971 bits per heavy atom. The van der Waals surface area contributed by atoms with Gasteiger partial charge in [0, 0.05) is 24.8 Å². The van der Waals surface area contributed by atoms with Crippen LogP contribution in [0.1, 0.15) is 36.4 Å². The Bertz CT molecular complexity index is 1270. The lowest BCUT2D eigenvalue weighted by atomic mass is 9.91. The molecule has 0 fully saturated rings. The van der Waals surface area contributed by atoms with Gasteiger partial charge in [-0.15, -0.1) is 11.3 Å². The molecule has 1 aromatic heterocycles. The molecular formula is C28H29NO5S. The summed E-state index contributed by atoms with van der Waals surface area (Å²) in [7, 11) is 1.67. The van der Waals surface area contributed by atoms with E-state index < -0.39 is 11.6 Å². The van der Waals surface area contributed by atoms with Crippen molar-refractivity contribution in [2.45, 2.75) is 32.5 Å². The fourth-order valence-corrected chi connectivity index (χ4v) is 4.97. The van der Waals surface area contributed by atoms with Crippen molar-refractivity contribution in [3.63, 3.8) is 0 Å². The van der Waals surface area contributed by atoms with E-state index in [1.54, 1.807) is 26.3 Å². The number of hydrogen-bond acceptors (Lipinski definition) is 7. The van der Waals surface area contributed by atoms with E-state index in [1.165, 1.54) is 16.7 Å². The van der Waals surface area contributed by atoms with Gasteiger partial charge < -0.3 is 18.9 Å². The second-order valence-corrected chi connectivity index (χ2v) is 8.87. The molecule has 1 atom stereocenters. The lowest BCUT2D eigenvalue weighted by Crippen LogP contribution is -2.29. The van der Waals surface area contributed by atoms with Gasteiger partial charge in [0.25, 0.3) is 0 Å². The molecule has 0 bridgehead atoms. The summed E-state index contributed by atoms with van der Waals surface area (Å²) in [5.41, 5.74) is 1.13. The summed E-state index contributed by atoms with van der Waals surface area (Å²) in [6.45, 7) is 4.31. The Kier molecular flexibility index (Phi) is 8.00. The van der Waals surface area contributed by atoms with Crippen molar-refractivity contribution in [1.29, 1.82) is 0 Å². The van der Waals surface area contributed by atoms with E-state index in [0.29, 0.717) is 31.1 Å². The van der Waals surface area contributed by atoms with Crippen molar-refractivity contribution < 1.29 is 23.7 Å². The molecule has 7 heteroatoms. The summed E-state index contributed by atoms with van der Waals surface area (Å²) in [5.74, 6) is 0.682. The number of fused-ring (bicyclic) bond motifs is 1. The molecule has 0 aliphatic rings. The number of carbonyl (C=O) groups is 1. The van der Waals surface area contributed by atoms with Gasteiger partial charge >= 0.3 is 5.97 Å². The van der Waals surface area contributed by atoms with Crippen LogP contribution in [0.5, 0.6) is 11.5 Å². The smallest absolute Gasteiger partial charge is 0.344 e. The molecular weight excluding hydrogens is 462 g/mol. The molecule has 0 radical (unpaired) electrons. The number of aromatic nitrogens is 1. The predicted molar refractivity (Wildman–Crippen MR) is 137 cm³/mol. The Labute approximate surface area is 209 Å². The normalized spacial score (nSPS) is 12.8. The van der Waals surface area contributed by atoms with Gasteiger partial charge in [-0.1, -0.05) is 43.3 Å². The SMILES string of the molecule is CCOC(=O)COc1cc(OCc2ccc3ccccc3c2)cc(C(CC)(OC)c2nccs2)c1. The first-order valence-electron chi connectivity index (χ1n) is 11.6. The molecule has 1 heterocycles. The monoisotopic (exact) mass is 491 g/mol. The van der Waals surface area contributed by atoms with Crippen LogP contribution in [-0.4, -0.2) is 31.3 Å². The highest BCUT2D eigenvalue weighted by molar-refractivity contribution is 7.09. The zero-order chi connectivity index (χ0) is 24.7. The first-order chi connectivity index (χ1) is 17.1. The zero-order valence-electron chi connectivity index (χ0n) is 20.2. The van der Waals surface area contributed by atoms with Gasteiger partial charge in [0.15, 0.2) is 6.61 Å². The molecule has 35 heavy (non-hydrogen) atoms. The summed E-state index contributed by atoms with van der Waals surface area (Å²) in [6.07, 6.45) is 2.42. The van der Waals surface area contributed by atoms with Crippen molar-refractivity contribution in [2.75, 3.05) is 20.3 Å². The van der Waals surface area contributed by atoms with E-state index in [-0.39, 0.29) is 6.61 Å². The fraction of sp³-hybridized carbons (Fsp3) is 0.286. The van der Waals surface area contributed by atoms with Gasteiger partial charge in [0.2, 0.25) is 0 Å². The van der Waals surface area contributed by atoms with Gasteiger partial charge in [-0.25, -0.2) is 9.78 Å². The number of carbonyl (C=O) groups excluding carboxylic acids is 1. The van der Waals surface area contributed by atoms with Crippen LogP contribution in [0.25, 0.3) is 10.8 Å². The summed E-state index contributed by atoms with van der Waals surface area (Å²) in [4.78, 5) is 16.4. The van der Waals surface area contributed by atoms with Crippen LogP contribution in [0, 0.1) is 0 Å². The number of benzene rings is 3. The third-order valence-electron chi connectivity index (χ3n) is 5.85. The maximum Gasteiger partial charge on any atom is 0.344 e. The van der Waals surface area contributed by atoms with Crippen molar-refractivity contribution in [3.8, 4) is 11.5 Å². The molecule has 0 N–H and O–H groups in total. The van der Waals surface area contributed by atoms with Crippen molar-refractivity contribution in [3.05, 3.63) is 88.4 Å². The second kappa shape index (κ2) is 11.3. The predicted octanol–water partition coefficient (Wildman–Crippen LogP) is 6.12. The van der Waals surface area contributed by atoms with E-state index in [4.69, 9.17) is 18.9 Å². The van der Waals surface area contributed by atoms with E-state index in [2.05, 4.69) is 35.3 Å². The summed E-state index contributed by atoms with van der Waals surface area (Å²) in [6, 6.07) is 20.1. The van der Waals surface area contributed by atoms with E-state index in [0.717, 1.165) is 21.5 Å². The molecule has 0 amide bonds. The zero-order valence-corrected chi connectivity index (χ0v) is 21.0. The lowest BCUT2D eigenvalue weighted by molar-refractivity contribution is -0.145. The average Bonchev–Trinajstić information content (AvgIpc) is 3.43. The van der Waals surface area contributed by atoms with E-state index >= 15 is 0 Å². The number of esters is 1. The topological polar surface area (TPSA) is 66.9 Å². The summed E-state index contributed by atoms with van der Waals surface area (Å²) >= 11 is 1.53. The molecule has 4 rings (SSSR count). The Balaban J connectivity index is 1.65. The number of hydrogen-bond donors (Lipinski definition) is 0. The van der Waals surface area contributed by atoms with E-state index in [9.17, 15) is 4.79 Å². The maximum absolute atomic E-state index is 11.9. The molecule has 0 spiro atoms. The van der Waals surface area contributed by atoms with Crippen LogP contribution in [0.3, 0.4) is 0 Å². The highest BCUT2D eigenvalue weighted by Crippen LogP contribution is 2.40. The van der Waals surface area contributed by atoms with Crippen LogP contribution in [0.2, 0.25) is 0 Å². The number of nitrogens with zero attached hydrogens (tertiary/aromatic N) is 1. The van der Waals surface area contributed by atoms with Gasteiger partial charge in [0.1, 0.15) is 28.7 Å². The van der Waals surface area contributed by atoms with Crippen LogP contribution < -0.4 is 9.47 Å². The molecule has 4 aromatic rings. The average molecular weight is 492 g/mol. The quantitative estimate of drug-likeness (QED) is 0.236. The summed E-state index contributed by atoms with van der Waals surface area (Å²) < 4.78 is 23.0. The standard InChI is InChI=1S/C28H29NO5S/c1-4-28(31-3,27-29-12-13-35-27)23-15-24(17-25(16-23)34-19-26(30)32-5-2)33-18-20-10-11-21-8-6-7-9-22(21)14-20/h6-17H,4-5,18-19H2,1-3H3. The summed E-state index contributed by atoms with van der Waals surface area (Å²) in [5, 5.41) is 5.11. The minimum Gasteiger partial charge on any atom is -0.489 e. The number of ether oxygens (including phenoxy) is 4. The van der Waals surface area contributed by atoms with Crippen LogP contribution in [-0.2, 0) is 26.5 Å². The minimum absolute atomic E-state index is 0.190. The number of thiazole rings is 1. The largest absolute Gasteiger partial charge is 0.489 e. The van der Waals surface area contributed by atoms with Gasteiger partial charge in [-0.3, -0.25) is 0 Å². The van der Waals surface area contributed by atoms with Crippen molar-refractivity contribution in [2.24, 2.45) is 0 Å². The lowest BCUT2D eigenvalue weighted by Gasteiger charge is -2.30. The molecule has 182 valence electrons. The van der Waals surface area contributed by atoms with Gasteiger partial charge in [-0.05, 0) is 53.4 Å². The Hall–Kier alpha value is -3.42. The molecule has 0 saturated carbocycles. The third-order valence-corrected chi connectivity index (χ3v) is 6.77. The van der Waals surface area contributed by atoms with Crippen molar-refractivity contribution in [1.82, 2.24) is 4.98 Å².